The fourth-order valence-electron chi connectivity index (χ4n) is 1.53. The SMILES string of the molecule is CNCc1cc(S(=O)(=O)NCc2ccncc2)cs1. The summed E-state index contributed by atoms with van der Waals surface area (Å²) in [5.74, 6) is 0. The Morgan fingerprint density at radius 2 is 2.00 bits per heavy atom. The molecule has 0 aliphatic heterocycles. The summed E-state index contributed by atoms with van der Waals surface area (Å²) < 4.78 is 26.7. The van der Waals surface area contributed by atoms with E-state index in [2.05, 4.69) is 15.0 Å². The molecule has 2 aromatic heterocycles. The number of nitrogens with zero attached hydrogens (tertiary/aromatic N) is 1. The Morgan fingerprint density at radius 3 is 2.68 bits per heavy atom. The standard InChI is InChI=1S/C12H15N3O2S2/c1-13-8-11-6-12(9-18-11)19(16,17)15-7-10-2-4-14-5-3-10/h2-6,9,13,15H,7-8H2,1H3. The summed E-state index contributed by atoms with van der Waals surface area (Å²) in [6.45, 7) is 0.937. The Balaban J connectivity index is 2.05. The van der Waals surface area contributed by atoms with Crippen molar-refractivity contribution in [2.75, 3.05) is 7.05 Å². The van der Waals surface area contributed by atoms with Crippen LogP contribution in [-0.2, 0) is 23.1 Å². The predicted octanol–water partition coefficient (Wildman–Crippen LogP) is 1.34. The molecule has 0 aliphatic rings. The summed E-state index contributed by atoms with van der Waals surface area (Å²) in [4.78, 5) is 5.20. The molecule has 0 saturated heterocycles. The molecule has 5 nitrogen and oxygen atoms in total. The van der Waals surface area contributed by atoms with Crippen LogP contribution in [0, 0.1) is 0 Å². The van der Waals surface area contributed by atoms with Crippen LogP contribution in [0.5, 0.6) is 0 Å². The van der Waals surface area contributed by atoms with Gasteiger partial charge in [-0.2, -0.15) is 0 Å². The van der Waals surface area contributed by atoms with Gasteiger partial charge in [0.15, 0.2) is 0 Å². The molecule has 0 bridgehead atoms. The molecule has 19 heavy (non-hydrogen) atoms. The summed E-state index contributed by atoms with van der Waals surface area (Å²) >= 11 is 1.43. The van der Waals surface area contributed by atoms with E-state index < -0.39 is 10.0 Å². The van der Waals surface area contributed by atoms with Crippen molar-refractivity contribution in [3.8, 4) is 0 Å². The number of rotatable bonds is 6. The highest BCUT2D eigenvalue weighted by atomic mass is 32.2. The molecule has 0 amide bonds. The van der Waals surface area contributed by atoms with E-state index in [4.69, 9.17) is 0 Å². The van der Waals surface area contributed by atoms with Crippen molar-refractivity contribution in [1.82, 2.24) is 15.0 Å². The van der Waals surface area contributed by atoms with Crippen LogP contribution in [0.15, 0.2) is 40.9 Å². The second-order valence-electron chi connectivity index (χ2n) is 3.96. The molecule has 0 aliphatic carbocycles. The summed E-state index contributed by atoms with van der Waals surface area (Å²) in [5, 5.41) is 4.65. The van der Waals surface area contributed by atoms with E-state index in [9.17, 15) is 8.42 Å². The lowest BCUT2D eigenvalue weighted by Gasteiger charge is -2.04. The number of sulfonamides is 1. The van der Waals surface area contributed by atoms with Gasteiger partial charge in [-0.3, -0.25) is 4.98 Å². The topological polar surface area (TPSA) is 71.1 Å². The molecular formula is C12H15N3O2S2. The molecule has 0 radical (unpaired) electrons. The molecule has 2 aromatic rings. The molecule has 0 atom stereocenters. The number of thiophene rings is 1. The van der Waals surface area contributed by atoms with Crippen LogP contribution in [0.3, 0.4) is 0 Å². The zero-order valence-electron chi connectivity index (χ0n) is 10.5. The van der Waals surface area contributed by atoms with E-state index >= 15 is 0 Å². The smallest absolute Gasteiger partial charge is 0.241 e. The maximum absolute atomic E-state index is 12.1. The summed E-state index contributed by atoms with van der Waals surface area (Å²) in [5.41, 5.74) is 0.879. The van der Waals surface area contributed by atoms with Crippen LogP contribution in [0.25, 0.3) is 0 Å². The molecule has 0 saturated carbocycles. The fourth-order valence-corrected chi connectivity index (χ4v) is 3.84. The van der Waals surface area contributed by atoms with Crippen LogP contribution in [0.4, 0.5) is 0 Å². The van der Waals surface area contributed by atoms with Crippen molar-refractivity contribution in [3.05, 3.63) is 46.4 Å². The van der Waals surface area contributed by atoms with E-state index in [-0.39, 0.29) is 6.54 Å². The highest BCUT2D eigenvalue weighted by Crippen LogP contribution is 2.19. The van der Waals surface area contributed by atoms with Crippen LogP contribution in [-0.4, -0.2) is 20.4 Å². The van der Waals surface area contributed by atoms with E-state index in [1.807, 2.05) is 7.05 Å². The van der Waals surface area contributed by atoms with E-state index in [1.165, 1.54) is 11.3 Å². The van der Waals surface area contributed by atoms with Gasteiger partial charge in [-0.05, 0) is 30.8 Å². The number of hydrogen-bond donors (Lipinski definition) is 2. The predicted molar refractivity (Wildman–Crippen MR) is 75.3 cm³/mol. The average Bonchev–Trinajstić information content (AvgIpc) is 2.88. The molecule has 7 heteroatoms. The molecule has 102 valence electrons. The van der Waals surface area contributed by atoms with Gasteiger partial charge in [-0.1, -0.05) is 0 Å². The molecule has 2 N–H and O–H groups in total. The van der Waals surface area contributed by atoms with Gasteiger partial charge in [-0.15, -0.1) is 11.3 Å². The largest absolute Gasteiger partial charge is 0.315 e. The Bertz CT molecular complexity index is 623. The molecule has 0 fully saturated rings. The Labute approximate surface area is 116 Å². The zero-order chi connectivity index (χ0) is 13.7. The van der Waals surface area contributed by atoms with Gasteiger partial charge in [-0.25, -0.2) is 13.1 Å². The number of hydrogen-bond acceptors (Lipinski definition) is 5. The van der Waals surface area contributed by atoms with E-state index in [0.717, 1.165) is 10.4 Å². The van der Waals surface area contributed by atoms with Crippen molar-refractivity contribution >= 4 is 21.4 Å². The Morgan fingerprint density at radius 1 is 1.26 bits per heavy atom. The monoisotopic (exact) mass is 297 g/mol. The first-order chi connectivity index (χ1) is 9.12. The van der Waals surface area contributed by atoms with Crippen LogP contribution in [0.2, 0.25) is 0 Å². The number of pyridine rings is 1. The van der Waals surface area contributed by atoms with Crippen molar-refractivity contribution in [2.45, 2.75) is 18.0 Å². The highest BCUT2D eigenvalue weighted by molar-refractivity contribution is 7.89. The van der Waals surface area contributed by atoms with Crippen molar-refractivity contribution in [1.29, 1.82) is 0 Å². The minimum Gasteiger partial charge on any atom is -0.315 e. The second kappa shape index (κ2) is 6.25. The minimum absolute atomic E-state index is 0.266. The number of aromatic nitrogens is 1. The molecule has 2 heterocycles. The normalized spacial score (nSPS) is 11.6. The van der Waals surface area contributed by atoms with Crippen LogP contribution in [0.1, 0.15) is 10.4 Å². The Kier molecular flexibility index (Phi) is 4.65. The van der Waals surface area contributed by atoms with Gasteiger partial charge in [0.05, 0.1) is 4.90 Å². The van der Waals surface area contributed by atoms with Gasteiger partial charge in [0.1, 0.15) is 0 Å². The third kappa shape index (κ3) is 3.84. The third-order valence-electron chi connectivity index (χ3n) is 2.51. The molecule has 0 aromatic carbocycles. The maximum atomic E-state index is 12.1. The second-order valence-corrected chi connectivity index (χ2v) is 6.72. The van der Waals surface area contributed by atoms with Gasteiger partial charge in [0.2, 0.25) is 10.0 Å². The quantitative estimate of drug-likeness (QED) is 0.844. The van der Waals surface area contributed by atoms with Crippen molar-refractivity contribution in [2.24, 2.45) is 0 Å². The van der Waals surface area contributed by atoms with Crippen molar-refractivity contribution in [3.63, 3.8) is 0 Å². The first kappa shape index (κ1) is 14.1. The maximum Gasteiger partial charge on any atom is 0.241 e. The lowest BCUT2D eigenvalue weighted by Crippen LogP contribution is -2.22. The van der Waals surface area contributed by atoms with Gasteiger partial charge >= 0.3 is 0 Å². The molecule has 0 spiro atoms. The minimum atomic E-state index is -3.44. The van der Waals surface area contributed by atoms with Gasteiger partial charge in [0.25, 0.3) is 0 Å². The van der Waals surface area contributed by atoms with Gasteiger partial charge in [0, 0.05) is 35.7 Å². The molecular weight excluding hydrogens is 282 g/mol. The fraction of sp³-hybridized carbons (Fsp3) is 0.250. The lowest BCUT2D eigenvalue weighted by atomic mass is 10.3. The first-order valence-corrected chi connectivity index (χ1v) is 8.08. The summed E-state index contributed by atoms with van der Waals surface area (Å²) in [7, 11) is -1.61. The van der Waals surface area contributed by atoms with Crippen LogP contribution >= 0.6 is 11.3 Å². The van der Waals surface area contributed by atoms with Crippen LogP contribution < -0.4 is 10.0 Å². The summed E-state index contributed by atoms with van der Waals surface area (Å²) in [6, 6.07) is 5.25. The Hall–Kier alpha value is -1.28. The van der Waals surface area contributed by atoms with E-state index in [1.54, 1.807) is 36.0 Å². The van der Waals surface area contributed by atoms with E-state index in [0.29, 0.717) is 11.4 Å². The number of nitrogens with one attached hydrogen (secondary N) is 2. The third-order valence-corrected chi connectivity index (χ3v) is 4.97. The summed E-state index contributed by atoms with van der Waals surface area (Å²) in [6.07, 6.45) is 3.28. The van der Waals surface area contributed by atoms with Crippen molar-refractivity contribution < 1.29 is 8.42 Å². The zero-order valence-corrected chi connectivity index (χ0v) is 12.1. The lowest BCUT2D eigenvalue weighted by molar-refractivity contribution is 0.581. The first-order valence-electron chi connectivity index (χ1n) is 5.72. The van der Waals surface area contributed by atoms with Gasteiger partial charge < -0.3 is 5.32 Å². The molecule has 0 unspecified atom stereocenters. The highest BCUT2D eigenvalue weighted by Gasteiger charge is 2.15. The average molecular weight is 297 g/mol. The molecule has 2 rings (SSSR count).